The second-order valence-corrected chi connectivity index (χ2v) is 7.41. The van der Waals surface area contributed by atoms with Gasteiger partial charge < -0.3 is 9.38 Å². The van der Waals surface area contributed by atoms with E-state index in [4.69, 9.17) is 5.26 Å². The summed E-state index contributed by atoms with van der Waals surface area (Å²) < 4.78 is 0.976. The van der Waals surface area contributed by atoms with Crippen LogP contribution in [0.1, 0.15) is 49.3 Å². The van der Waals surface area contributed by atoms with Crippen LogP contribution in [-0.2, 0) is 37.5 Å². The zero-order chi connectivity index (χ0) is 17.3. The number of carbonyl (C=O) groups excluding carboxylic acids is 1. The molecule has 1 radical (unpaired) electrons. The minimum Gasteiger partial charge on any atom is -0.314 e. The molecule has 2 saturated heterocycles. The molecule has 25 heavy (non-hydrogen) atoms. The predicted octanol–water partition coefficient (Wildman–Crippen LogP) is 3.30. The Balaban J connectivity index is 0.00000225. The second kappa shape index (κ2) is 8.29. The smallest absolute Gasteiger partial charge is 0.285 e. The third kappa shape index (κ3) is 3.70. The Kier molecular flexibility index (Phi) is 6.82. The van der Waals surface area contributed by atoms with Gasteiger partial charge in [-0.3, -0.25) is 4.79 Å². The van der Waals surface area contributed by atoms with E-state index < -0.39 is 0 Å². The van der Waals surface area contributed by atoms with Crippen LogP contribution in [0.4, 0.5) is 5.69 Å². The molecule has 1 amide bonds. The Morgan fingerprint density at radius 1 is 1.20 bits per heavy atom. The fourth-order valence-electron chi connectivity index (χ4n) is 4.85. The van der Waals surface area contributed by atoms with E-state index in [0.717, 1.165) is 60.3 Å². The number of amides is 1. The van der Waals surface area contributed by atoms with Gasteiger partial charge >= 0.3 is 0 Å². The van der Waals surface area contributed by atoms with Crippen molar-refractivity contribution in [2.75, 3.05) is 31.1 Å². The number of likely N-dealkylation sites (N-methyl/N-ethyl adjacent to an activating group) is 1. The zero-order valence-electron chi connectivity index (χ0n) is 15.7. The summed E-state index contributed by atoms with van der Waals surface area (Å²) >= 11 is 0. The molecule has 0 spiro atoms. The average molecular weight is 415 g/mol. The van der Waals surface area contributed by atoms with E-state index in [9.17, 15) is 4.79 Å². The van der Waals surface area contributed by atoms with Crippen molar-refractivity contribution in [3.8, 4) is 6.07 Å². The van der Waals surface area contributed by atoms with Gasteiger partial charge in [-0.05, 0) is 50.5 Å². The van der Waals surface area contributed by atoms with Gasteiger partial charge in [-0.15, -0.1) is 0 Å². The molecule has 1 aromatic rings. The third-order valence-corrected chi connectivity index (χ3v) is 6.05. The summed E-state index contributed by atoms with van der Waals surface area (Å²) in [4.78, 5) is 15.4. The van der Waals surface area contributed by atoms with Crippen molar-refractivity contribution in [2.24, 2.45) is 0 Å². The maximum atomic E-state index is 13.4. The minimum absolute atomic E-state index is 0. The zero-order valence-corrected chi connectivity index (χ0v) is 18.6. The fraction of sp³-hybridized carbons (Fsp3) is 0.600. The summed E-state index contributed by atoms with van der Waals surface area (Å²) in [7, 11) is 0. The first-order valence-corrected chi connectivity index (χ1v) is 9.21. The van der Waals surface area contributed by atoms with Crippen LogP contribution in [0, 0.1) is 25.2 Å². The first-order valence-electron chi connectivity index (χ1n) is 9.21. The van der Waals surface area contributed by atoms with Crippen molar-refractivity contribution >= 4 is 11.6 Å². The second-order valence-electron chi connectivity index (χ2n) is 7.41. The summed E-state index contributed by atoms with van der Waals surface area (Å²) in [6.45, 7) is 10.4. The van der Waals surface area contributed by atoms with Crippen LogP contribution in [0.5, 0.6) is 0 Å². The summed E-state index contributed by atoms with van der Waals surface area (Å²) in [5.41, 5.74) is 3.76. The molecule has 0 aromatic heterocycles. The molecule has 2 aliphatic rings. The molecule has 1 aromatic carbocycles. The molecule has 0 saturated carbocycles. The van der Waals surface area contributed by atoms with E-state index in [-0.39, 0.29) is 38.8 Å². The normalized spacial score (nSPS) is 22.4. The molecule has 0 bridgehead atoms. The van der Waals surface area contributed by atoms with E-state index in [2.05, 4.69) is 13.0 Å². The van der Waals surface area contributed by atoms with E-state index >= 15 is 0 Å². The standard InChI is InChI=1S/C20H28N3O.Y/c1-4-23(10-5-6-11-23)18-8-7-9-22(20(18)24)19-15(2)12-17(14-21)13-16(19)3;/h12-13,18H,4-11H2,1-3H3;/q+1;. The number of aryl methyl sites for hydroxylation is 2. The number of likely N-dealkylation sites (tertiary alicyclic amines) is 1. The van der Waals surface area contributed by atoms with Gasteiger partial charge in [0.25, 0.3) is 5.91 Å². The van der Waals surface area contributed by atoms with E-state index in [1.54, 1.807) is 0 Å². The molecule has 2 aliphatic heterocycles. The quantitative estimate of drug-likeness (QED) is 0.712. The molecule has 1 unspecified atom stereocenters. The first-order chi connectivity index (χ1) is 11.5. The van der Waals surface area contributed by atoms with Gasteiger partial charge in [0.05, 0.1) is 31.3 Å². The van der Waals surface area contributed by atoms with Gasteiger partial charge in [-0.1, -0.05) is 0 Å². The number of benzene rings is 1. The Labute approximate surface area is 176 Å². The maximum absolute atomic E-state index is 13.4. The van der Waals surface area contributed by atoms with Crippen LogP contribution >= 0.6 is 0 Å². The van der Waals surface area contributed by atoms with Gasteiger partial charge in [0.2, 0.25) is 0 Å². The first kappa shape index (κ1) is 20.6. The Bertz CT molecular complexity index is 666. The maximum Gasteiger partial charge on any atom is 0.285 e. The molecule has 0 aliphatic carbocycles. The minimum atomic E-state index is 0. The van der Waals surface area contributed by atoms with Gasteiger partial charge in [-0.2, -0.15) is 5.26 Å². The number of piperidine rings is 1. The van der Waals surface area contributed by atoms with Gasteiger partial charge in [0.1, 0.15) is 0 Å². The number of anilines is 1. The molecule has 3 rings (SSSR count). The summed E-state index contributed by atoms with van der Waals surface area (Å²) in [5.74, 6) is 0.293. The fourth-order valence-corrected chi connectivity index (χ4v) is 4.85. The van der Waals surface area contributed by atoms with Crippen LogP contribution < -0.4 is 4.90 Å². The topological polar surface area (TPSA) is 44.1 Å². The molecule has 2 fully saturated rings. The van der Waals surface area contributed by atoms with E-state index in [0.29, 0.717) is 11.5 Å². The van der Waals surface area contributed by atoms with Gasteiger partial charge in [0.15, 0.2) is 6.04 Å². The van der Waals surface area contributed by atoms with Crippen LogP contribution in [0.2, 0.25) is 0 Å². The molecule has 4 nitrogen and oxygen atoms in total. The predicted molar refractivity (Wildman–Crippen MR) is 95.8 cm³/mol. The average Bonchev–Trinajstić information content (AvgIpc) is 3.05. The van der Waals surface area contributed by atoms with Crippen molar-refractivity contribution in [3.63, 3.8) is 0 Å². The molecule has 131 valence electrons. The molecule has 5 heteroatoms. The molecular weight excluding hydrogens is 387 g/mol. The molecule has 1 atom stereocenters. The number of carbonyl (C=O) groups is 1. The van der Waals surface area contributed by atoms with E-state index in [1.807, 2.05) is 30.9 Å². The van der Waals surface area contributed by atoms with Crippen molar-refractivity contribution in [1.29, 1.82) is 5.26 Å². The summed E-state index contributed by atoms with van der Waals surface area (Å²) in [6.07, 6.45) is 4.56. The number of nitrogens with zero attached hydrogens (tertiary/aromatic N) is 3. The summed E-state index contributed by atoms with van der Waals surface area (Å²) in [5, 5.41) is 9.16. The van der Waals surface area contributed by atoms with Crippen LogP contribution in [0.25, 0.3) is 0 Å². The number of quaternary nitrogens is 1. The Morgan fingerprint density at radius 2 is 1.80 bits per heavy atom. The third-order valence-electron chi connectivity index (χ3n) is 6.05. The van der Waals surface area contributed by atoms with Crippen molar-refractivity contribution < 1.29 is 42.0 Å². The van der Waals surface area contributed by atoms with E-state index in [1.165, 1.54) is 12.8 Å². The number of nitriles is 1. The Morgan fingerprint density at radius 3 is 2.32 bits per heavy atom. The monoisotopic (exact) mass is 415 g/mol. The summed E-state index contributed by atoms with van der Waals surface area (Å²) in [6, 6.07) is 6.13. The SMILES string of the molecule is CC[N+]1(C2CCCN(c3c(C)cc(C#N)cc3C)C2=O)CCCC1.[Y]. The molecule has 2 heterocycles. The van der Waals surface area contributed by atoms with Crippen molar-refractivity contribution in [3.05, 3.63) is 28.8 Å². The van der Waals surface area contributed by atoms with Gasteiger partial charge in [-0.25, -0.2) is 0 Å². The molecular formula is C20H28N3OY+. The van der Waals surface area contributed by atoms with Crippen molar-refractivity contribution in [2.45, 2.75) is 52.5 Å². The van der Waals surface area contributed by atoms with Crippen molar-refractivity contribution in [1.82, 2.24) is 0 Å². The van der Waals surface area contributed by atoms with Crippen LogP contribution in [0.3, 0.4) is 0 Å². The van der Waals surface area contributed by atoms with Crippen LogP contribution in [0.15, 0.2) is 12.1 Å². The number of hydrogen-bond acceptors (Lipinski definition) is 2. The number of rotatable bonds is 3. The Hall–Kier alpha value is -0.756. The van der Waals surface area contributed by atoms with Gasteiger partial charge in [0, 0.05) is 64.2 Å². The molecule has 0 N–H and O–H groups in total. The largest absolute Gasteiger partial charge is 0.314 e. The number of hydrogen-bond donors (Lipinski definition) is 0. The van der Waals surface area contributed by atoms with Crippen LogP contribution in [-0.4, -0.2) is 42.6 Å².